The monoisotopic (exact) mass is 506 g/mol. The number of nitrogen functional groups attached to an aromatic ring is 1. The van der Waals surface area contributed by atoms with E-state index < -0.39 is 24.0 Å². The molecule has 4 N–H and O–H groups in total. The first kappa shape index (κ1) is 23.0. The Balaban J connectivity index is 0.00000272. The number of carbonyl (C=O) groups is 2. The minimum Gasteiger partial charge on any atom is -0.383 e. The normalized spacial score (nSPS) is 17.2. The number of fused-ring (bicyclic) bond motifs is 1. The molecule has 0 bridgehead atoms. The van der Waals surface area contributed by atoms with Crippen LogP contribution in [0.25, 0.3) is 10.8 Å². The number of halogens is 2. The average molecular weight is 508 g/mol. The Morgan fingerprint density at radius 3 is 2.74 bits per heavy atom. The van der Waals surface area contributed by atoms with Gasteiger partial charge in [-0.05, 0) is 53.9 Å². The van der Waals surface area contributed by atoms with Crippen LogP contribution in [0.15, 0.2) is 59.2 Å². The molecule has 2 aromatic carbocycles. The number of rotatable bonds is 4. The summed E-state index contributed by atoms with van der Waals surface area (Å²) in [6.45, 7) is 0.546. The lowest BCUT2D eigenvalue weighted by molar-refractivity contribution is -0.150. The number of benzene rings is 2. The van der Waals surface area contributed by atoms with Crippen LogP contribution >= 0.6 is 28.3 Å². The van der Waals surface area contributed by atoms with E-state index in [-0.39, 0.29) is 19.0 Å². The number of carbonyl (C=O) groups excluding carboxylic acids is 2. The van der Waals surface area contributed by atoms with Crippen molar-refractivity contribution in [1.82, 2.24) is 4.98 Å². The number of nitrogens with zero attached hydrogens (tertiary/aromatic N) is 2. The predicted octanol–water partition coefficient (Wildman–Crippen LogP) is 2.73. The second-order valence-electron chi connectivity index (χ2n) is 6.82. The van der Waals surface area contributed by atoms with Gasteiger partial charge in [0.05, 0.1) is 6.61 Å². The van der Waals surface area contributed by atoms with Gasteiger partial charge in [0.1, 0.15) is 5.82 Å². The first-order chi connectivity index (χ1) is 14.4. The fourth-order valence-electron chi connectivity index (χ4n) is 3.34. The van der Waals surface area contributed by atoms with Gasteiger partial charge in [-0.3, -0.25) is 9.59 Å². The largest absolute Gasteiger partial charge is 0.383 e. The molecule has 0 saturated carbocycles. The van der Waals surface area contributed by atoms with Gasteiger partial charge in [-0.1, -0.05) is 15.9 Å². The summed E-state index contributed by atoms with van der Waals surface area (Å²) in [6, 6.07) is 14.1. The van der Waals surface area contributed by atoms with E-state index in [2.05, 4.69) is 26.2 Å². The van der Waals surface area contributed by atoms with Crippen LogP contribution < -0.4 is 16.0 Å². The SMILES string of the molecule is Cl.Nc1nccc2cc(NC(=O)C(O)[C@H]3OCCN(c4ccc(Br)cc4)C3=O)ccc12. The van der Waals surface area contributed by atoms with Gasteiger partial charge in [-0.2, -0.15) is 0 Å². The van der Waals surface area contributed by atoms with Crippen molar-refractivity contribution in [1.29, 1.82) is 0 Å². The summed E-state index contributed by atoms with van der Waals surface area (Å²) in [4.78, 5) is 31.0. The number of hydrogen-bond acceptors (Lipinski definition) is 6. The number of nitrogens with one attached hydrogen (secondary N) is 1. The highest BCUT2D eigenvalue weighted by Gasteiger charge is 2.39. The van der Waals surface area contributed by atoms with Gasteiger partial charge in [0.2, 0.25) is 0 Å². The highest BCUT2D eigenvalue weighted by molar-refractivity contribution is 9.10. The molecule has 3 aromatic rings. The number of anilines is 3. The number of ether oxygens (including phenoxy) is 1. The van der Waals surface area contributed by atoms with Crippen molar-refractivity contribution >= 4 is 68.1 Å². The fourth-order valence-corrected chi connectivity index (χ4v) is 3.61. The molecular formula is C21H20BrClN4O4. The molecule has 31 heavy (non-hydrogen) atoms. The molecule has 0 spiro atoms. The van der Waals surface area contributed by atoms with Crippen LogP contribution in [0.2, 0.25) is 0 Å². The van der Waals surface area contributed by atoms with Crippen molar-refractivity contribution in [2.75, 3.05) is 29.1 Å². The van der Waals surface area contributed by atoms with Crippen LogP contribution in [0.4, 0.5) is 17.2 Å². The quantitative estimate of drug-likeness (QED) is 0.500. The lowest BCUT2D eigenvalue weighted by atomic mass is 10.1. The number of amides is 2. The van der Waals surface area contributed by atoms with Crippen molar-refractivity contribution in [2.24, 2.45) is 0 Å². The highest BCUT2D eigenvalue weighted by Crippen LogP contribution is 2.24. The summed E-state index contributed by atoms with van der Waals surface area (Å²) in [5, 5.41) is 14.7. The molecular weight excluding hydrogens is 488 g/mol. The van der Waals surface area contributed by atoms with Crippen molar-refractivity contribution in [3.05, 3.63) is 59.2 Å². The smallest absolute Gasteiger partial charge is 0.259 e. The van der Waals surface area contributed by atoms with E-state index in [0.717, 1.165) is 15.2 Å². The molecule has 4 rings (SSSR count). The Kier molecular flexibility index (Phi) is 7.11. The Labute approximate surface area is 192 Å². The molecule has 2 heterocycles. The number of hydrogen-bond donors (Lipinski definition) is 3. The maximum Gasteiger partial charge on any atom is 0.259 e. The van der Waals surface area contributed by atoms with Crippen LogP contribution in [0.3, 0.4) is 0 Å². The maximum absolute atomic E-state index is 12.8. The van der Waals surface area contributed by atoms with Crippen LogP contribution in [-0.2, 0) is 14.3 Å². The van der Waals surface area contributed by atoms with E-state index >= 15 is 0 Å². The Bertz CT molecular complexity index is 1110. The van der Waals surface area contributed by atoms with Crippen molar-refractivity contribution in [2.45, 2.75) is 12.2 Å². The van der Waals surface area contributed by atoms with E-state index in [1.54, 1.807) is 42.6 Å². The van der Waals surface area contributed by atoms with Gasteiger partial charge in [-0.15, -0.1) is 12.4 Å². The van der Waals surface area contributed by atoms with Gasteiger partial charge in [-0.25, -0.2) is 4.98 Å². The minimum absolute atomic E-state index is 0. The summed E-state index contributed by atoms with van der Waals surface area (Å²) < 4.78 is 6.32. The minimum atomic E-state index is -1.66. The van der Waals surface area contributed by atoms with Crippen LogP contribution in [-0.4, -0.2) is 47.3 Å². The number of nitrogens with two attached hydrogens (primary N) is 1. The van der Waals surface area contributed by atoms with E-state index in [0.29, 0.717) is 23.7 Å². The van der Waals surface area contributed by atoms with Crippen molar-refractivity contribution < 1.29 is 19.4 Å². The third-order valence-electron chi connectivity index (χ3n) is 4.88. The Morgan fingerprint density at radius 1 is 1.26 bits per heavy atom. The second kappa shape index (κ2) is 9.61. The van der Waals surface area contributed by atoms with E-state index in [4.69, 9.17) is 10.5 Å². The fraction of sp³-hybridized carbons (Fsp3) is 0.190. The molecule has 1 aliphatic heterocycles. The van der Waals surface area contributed by atoms with Gasteiger partial charge in [0, 0.05) is 34.0 Å². The van der Waals surface area contributed by atoms with Crippen LogP contribution in [0, 0.1) is 0 Å². The number of aliphatic hydroxyl groups is 1. The molecule has 162 valence electrons. The average Bonchev–Trinajstić information content (AvgIpc) is 2.74. The van der Waals surface area contributed by atoms with Crippen LogP contribution in [0.1, 0.15) is 0 Å². The van der Waals surface area contributed by atoms with E-state index in [9.17, 15) is 14.7 Å². The predicted molar refractivity (Wildman–Crippen MR) is 124 cm³/mol. The van der Waals surface area contributed by atoms with Gasteiger partial charge < -0.3 is 25.8 Å². The number of pyridine rings is 1. The maximum atomic E-state index is 12.8. The zero-order valence-corrected chi connectivity index (χ0v) is 18.6. The topological polar surface area (TPSA) is 118 Å². The zero-order chi connectivity index (χ0) is 21.3. The summed E-state index contributed by atoms with van der Waals surface area (Å²) in [7, 11) is 0. The van der Waals surface area contributed by atoms with Gasteiger partial charge >= 0.3 is 0 Å². The molecule has 1 saturated heterocycles. The van der Waals surface area contributed by atoms with Gasteiger partial charge in [0.15, 0.2) is 12.2 Å². The molecule has 0 aliphatic carbocycles. The molecule has 1 fully saturated rings. The molecule has 10 heteroatoms. The summed E-state index contributed by atoms with van der Waals surface area (Å²) in [5.74, 6) is -0.810. The third-order valence-corrected chi connectivity index (χ3v) is 5.41. The lowest BCUT2D eigenvalue weighted by Crippen LogP contribution is -2.55. The van der Waals surface area contributed by atoms with Crippen molar-refractivity contribution in [3.63, 3.8) is 0 Å². The summed E-state index contributed by atoms with van der Waals surface area (Å²) in [5.41, 5.74) is 6.97. The van der Waals surface area contributed by atoms with Crippen LogP contribution in [0.5, 0.6) is 0 Å². The highest BCUT2D eigenvalue weighted by atomic mass is 79.9. The molecule has 2 amide bonds. The molecule has 1 unspecified atom stereocenters. The number of aliphatic hydroxyl groups excluding tert-OH is 1. The summed E-state index contributed by atoms with van der Waals surface area (Å²) >= 11 is 3.36. The zero-order valence-electron chi connectivity index (χ0n) is 16.2. The Hall–Kier alpha value is -2.72. The van der Waals surface area contributed by atoms with Gasteiger partial charge in [0.25, 0.3) is 11.8 Å². The molecule has 8 nitrogen and oxygen atoms in total. The van der Waals surface area contributed by atoms with E-state index in [1.165, 1.54) is 4.90 Å². The standard InChI is InChI=1S/C21H19BrN4O4.ClH/c22-13-1-4-15(5-2-13)26-9-10-30-18(21(26)29)17(27)20(28)25-14-3-6-16-12(11-14)7-8-24-19(16)23;/h1-8,11,17-18,27H,9-10H2,(H2,23,24)(H,25,28);1H/t17?,18-;/m1./s1. The molecule has 1 aliphatic rings. The second-order valence-corrected chi connectivity index (χ2v) is 7.74. The number of morpholine rings is 1. The Morgan fingerprint density at radius 2 is 2.00 bits per heavy atom. The van der Waals surface area contributed by atoms with E-state index in [1.807, 2.05) is 12.1 Å². The third kappa shape index (κ3) is 4.80. The first-order valence-corrected chi connectivity index (χ1v) is 10.0. The van der Waals surface area contributed by atoms with Crippen molar-refractivity contribution in [3.8, 4) is 0 Å². The lowest BCUT2D eigenvalue weighted by Gasteiger charge is -2.34. The molecule has 0 radical (unpaired) electrons. The summed E-state index contributed by atoms with van der Waals surface area (Å²) in [6.07, 6.45) is -1.37. The molecule has 2 atom stereocenters. The molecule has 1 aromatic heterocycles. The number of aromatic nitrogens is 1. The first-order valence-electron chi connectivity index (χ1n) is 9.26.